The van der Waals surface area contributed by atoms with Crippen molar-refractivity contribution >= 4 is 5.84 Å². The largest absolute Gasteiger partial charge is 0.386 e. The first-order valence-corrected chi connectivity index (χ1v) is 6.91. The van der Waals surface area contributed by atoms with E-state index in [9.17, 15) is 0 Å². The summed E-state index contributed by atoms with van der Waals surface area (Å²) in [5.41, 5.74) is 5.70. The highest BCUT2D eigenvalue weighted by Gasteiger charge is 2.36. The van der Waals surface area contributed by atoms with Crippen LogP contribution in [-0.4, -0.2) is 54.4 Å². The van der Waals surface area contributed by atoms with Gasteiger partial charge in [0.25, 0.3) is 0 Å². The lowest BCUT2D eigenvalue weighted by atomic mass is 9.83. The minimum absolute atomic E-state index is 0.170. The molecular weight excluding hydrogens is 212 g/mol. The molecule has 2 heterocycles. The van der Waals surface area contributed by atoms with Crippen LogP contribution in [0.1, 0.15) is 32.6 Å². The van der Waals surface area contributed by atoms with Gasteiger partial charge in [-0.05, 0) is 45.2 Å². The Labute approximate surface area is 105 Å². The Bertz CT molecular complexity index is 279. The molecule has 2 saturated heterocycles. The SMILES string of the molecule is CCC(C(=N)N)N1CCC2C(CCCN2C)C1. The van der Waals surface area contributed by atoms with E-state index in [4.69, 9.17) is 11.1 Å². The van der Waals surface area contributed by atoms with Crippen LogP contribution in [-0.2, 0) is 0 Å². The summed E-state index contributed by atoms with van der Waals surface area (Å²) in [6, 6.07) is 0.938. The first kappa shape index (κ1) is 12.8. The molecule has 3 atom stereocenters. The summed E-state index contributed by atoms with van der Waals surface area (Å²) in [4.78, 5) is 4.96. The minimum atomic E-state index is 0.170. The topological polar surface area (TPSA) is 56.4 Å². The number of piperidine rings is 2. The van der Waals surface area contributed by atoms with Gasteiger partial charge in [0, 0.05) is 19.1 Å². The smallest absolute Gasteiger partial charge is 0.108 e. The van der Waals surface area contributed by atoms with Gasteiger partial charge < -0.3 is 10.6 Å². The molecule has 0 saturated carbocycles. The van der Waals surface area contributed by atoms with E-state index in [1.165, 1.54) is 25.8 Å². The molecule has 0 aromatic rings. The van der Waals surface area contributed by atoms with Gasteiger partial charge in [-0.15, -0.1) is 0 Å². The lowest BCUT2D eigenvalue weighted by Crippen LogP contribution is -2.56. The molecule has 0 radical (unpaired) electrons. The molecule has 3 unspecified atom stereocenters. The number of nitrogens with one attached hydrogen (secondary N) is 1. The Kier molecular flexibility index (Phi) is 4.05. The number of fused-ring (bicyclic) bond motifs is 1. The molecule has 0 aromatic carbocycles. The van der Waals surface area contributed by atoms with Crippen LogP contribution in [0.25, 0.3) is 0 Å². The molecule has 98 valence electrons. The summed E-state index contributed by atoms with van der Waals surface area (Å²) in [7, 11) is 2.26. The standard InChI is InChI=1S/C13H26N4/c1-3-11(13(14)15)17-8-6-12-10(9-17)5-4-7-16(12)2/h10-12H,3-9H2,1-2H3,(H3,14,15). The van der Waals surface area contributed by atoms with Crippen molar-refractivity contribution in [2.75, 3.05) is 26.7 Å². The lowest BCUT2D eigenvalue weighted by molar-refractivity contribution is 0.0302. The zero-order valence-corrected chi connectivity index (χ0v) is 11.2. The fourth-order valence-electron chi connectivity index (χ4n) is 3.64. The van der Waals surface area contributed by atoms with Crippen molar-refractivity contribution < 1.29 is 0 Å². The van der Waals surface area contributed by atoms with Gasteiger partial charge in [-0.3, -0.25) is 10.3 Å². The zero-order valence-electron chi connectivity index (χ0n) is 11.2. The van der Waals surface area contributed by atoms with E-state index in [1.807, 2.05) is 0 Å². The molecule has 0 aromatic heterocycles. The molecule has 2 rings (SSSR count). The molecule has 2 aliphatic heterocycles. The predicted octanol–water partition coefficient (Wildman–Crippen LogP) is 1.12. The normalized spacial score (nSPS) is 33.1. The van der Waals surface area contributed by atoms with Gasteiger partial charge in [0.1, 0.15) is 5.84 Å². The van der Waals surface area contributed by atoms with Gasteiger partial charge in [-0.2, -0.15) is 0 Å². The van der Waals surface area contributed by atoms with E-state index >= 15 is 0 Å². The number of rotatable bonds is 3. The number of amidine groups is 1. The van der Waals surface area contributed by atoms with Gasteiger partial charge in [0.2, 0.25) is 0 Å². The number of hydrogen-bond acceptors (Lipinski definition) is 3. The van der Waals surface area contributed by atoms with Crippen LogP contribution < -0.4 is 5.73 Å². The Balaban J connectivity index is 1.99. The van der Waals surface area contributed by atoms with Crippen LogP contribution in [0.5, 0.6) is 0 Å². The summed E-state index contributed by atoms with van der Waals surface area (Å²) in [5.74, 6) is 1.13. The van der Waals surface area contributed by atoms with E-state index in [1.54, 1.807) is 0 Å². The Morgan fingerprint density at radius 3 is 2.82 bits per heavy atom. The van der Waals surface area contributed by atoms with Crippen LogP contribution in [0.15, 0.2) is 0 Å². The maximum Gasteiger partial charge on any atom is 0.108 e. The molecule has 2 aliphatic rings. The van der Waals surface area contributed by atoms with Crippen LogP contribution in [0, 0.1) is 11.3 Å². The van der Waals surface area contributed by atoms with Crippen molar-refractivity contribution in [3.63, 3.8) is 0 Å². The number of likely N-dealkylation sites (tertiary alicyclic amines) is 2. The van der Waals surface area contributed by atoms with Crippen molar-refractivity contribution in [1.82, 2.24) is 9.80 Å². The van der Waals surface area contributed by atoms with Crippen molar-refractivity contribution in [3.05, 3.63) is 0 Å². The lowest BCUT2D eigenvalue weighted by Gasteiger charge is -2.47. The van der Waals surface area contributed by atoms with Crippen LogP contribution in [0.4, 0.5) is 0 Å². The highest BCUT2D eigenvalue weighted by Crippen LogP contribution is 2.30. The average Bonchev–Trinajstić information content (AvgIpc) is 2.29. The van der Waals surface area contributed by atoms with E-state index in [0.717, 1.165) is 31.5 Å². The molecular formula is C13H26N4. The van der Waals surface area contributed by atoms with Gasteiger partial charge in [-0.25, -0.2) is 0 Å². The van der Waals surface area contributed by atoms with Crippen LogP contribution in [0.3, 0.4) is 0 Å². The molecule has 0 aliphatic carbocycles. The van der Waals surface area contributed by atoms with Crippen LogP contribution in [0.2, 0.25) is 0 Å². The van der Waals surface area contributed by atoms with E-state index in [0.29, 0.717) is 5.84 Å². The van der Waals surface area contributed by atoms with Crippen molar-refractivity contribution in [2.24, 2.45) is 11.7 Å². The van der Waals surface area contributed by atoms with Crippen molar-refractivity contribution in [2.45, 2.75) is 44.7 Å². The zero-order chi connectivity index (χ0) is 12.4. The summed E-state index contributed by atoms with van der Waals surface area (Å²) in [6.45, 7) is 5.62. The quantitative estimate of drug-likeness (QED) is 0.572. The summed E-state index contributed by atoms with van der Waals surface area (Å²) in [5, 5.41) is 7.69. The van der Waals surface area contributed by atoms with Crippen LogP contribution >= 0.6 is 0 Å². The third-order valence-electron chi connectivity index (χ3n) is 4.56. The number of nitrogens with zero attached hydrogens (tertiary/aromatic N) is 2. The fraction of sp³-hybridized carbons (Fsp3) is 0.923. The second-order valence-electron chi connectivity index (χ2n) is 5.61. The Morgan fingerprint density at radius 2 is 2.18 bits per heavy atom. The molecule has 17 heavy (non-hydrogen) atoms. The summed E-state index contributed by atoms with van der Waals surface area (Å²) >= 11 is 0. The average molecular weight is 238 g/mol. The van der Waals surface area contributed by atoms with Gasteiger partial charge >= 0.3 is 0 Å². The maximum absolute atomic E-state index is 7.69. The third kappa shape index (κ3) is 2.63. The van der Waals surface area contributed by atoms with Crippen molar-refractivity contribution in [1.29, 1.82) is 5.41 Å². The van der Waals surface area contributed by atoms with Gasteiger partial charge in [0.05, 0.1) is 6.04 Å². The summed E-state index contributed by atoms with van der Waals surface area (Å²) < 4.78 is 0. The molecule has 4 nitrogen and oxygen atoms in total. The van der Waals surface area contributed by atoms with Gasteiger partial charge in [0.15, 0.2) is 0 Å². The van der Waals surface area contributed by atoms with Gasteiger partial charge in [-0.1, -0.05) is 6.92 Å². The molecule has 2 fully saturated rings. The van der Waals surface area contributed by atoms with E-state index in [2.05, 4.69) is 23.8 Å². The molecule has 4 heteroatoms. The number of nitrogens with two attached hydrogens (primary N) is 1. The first-order chi connectivity index (χ1) is 8.13. The highest BCUT2D eigenvalue weighted by molar-refractivity contribution is 5.82. The van der Waals surface area contributed by atoms with E-state index < -0.39 is 0 Å². The Hall–Kier alpha value is -0.610. The highest BCUT2D eigenvalue weighted by atomic mass is 15.2. The molecule has 0 bridgehead atoms. The predicted molar refractivity (Wildman–Crippen MR) is 71.3 cm³/mol. The fourth-order valence-corrected chi connectivity index (χ4v) is 3.64. The first-order valence-electron chi connectivity index (χ1n) is 6.91. The molecule has 3 N–H and O–H groups in total. The second kappa shape index (κ2) is 5.36. The summed E-state index contributed by atoms with van der Waals surface area (Å²) in [6.07, 6.45) is 4.87. The minimum Gasteiger partial charge on any atom is -0.386 e. The monoisotopic (exact) mass is 238 g/mol. The van der Waals surface area contributed by atoms with Crippen molar-refractivity contribution in [3.8, 4) is 0 Å². The second-order valence-corrected chi connectivity index (χ2v) is 5.61. The Morgan fingerprint density at radius 1 is 1.41 bits per heavy atom. The molecule has 0 spiro atoms. The molecule has 0 amide bonds. The third-order valence-corrected chi connectivity index (χ3v) is 4.56. The maximum atomic E-state index is 7.69. The number of hydrogen-bond donors (Lipinski definition) is 2. The van der Waals surface area contributed by atoms with E-state index in [-0.39, 0.29) is 6.04 Å².